The number of thiophene rings is 1. The van der Waals surface area contributed by atoms with Gasteiger partial charge in [0.2, 0.25) is 0 Å². The summed E-state index contributed by atoms with van der Waals surface area (Å²) in [7, 11) is 0. The van der Waals surface area contributed by atoms with Crippen LogP contribution in [0.3, 0.4) is 0 Å². The zero-order chi connectivity index (χ0) is 34.1. The van der Waals surface area contributed by atoms with Crippen LogP contribution in [0.1, 0.15) is 36.1 Å². The van der Waals surface area contributed by atoms with Crippen LogP contribution in [0.2, 0.25) is 0 Å². The highest BCUT2D eigenvalue weighted by molar-refractivity contribution is 7.09. The van der Waals surface area contributed by atoms with Gasteiger partial charge in [-0.2, -0.15) is 0 Å². The molecule has 0 N–H and O–H groups in total. The van der Waals surface area contributed by atoms with Gasteiger partial charge in [-0.15, -0.1) is 11.3 Å². The molecule has 0 spiro atoms. The first-order valence-electron chi connectivity index (χ1n) is 18.2. The van der Waals surface area contributed by atoms with E-state index in [-0.39, 0.29) is 24.4 Å². The van der Waals surface area contributed by atoms with E-state index < -0.39 is 0 Å². The first-order valence-corrected chi connectivity index (χ1v) is 19.0. The van der Waals surface area contributed by atoms with Crippen LogP contribution in [0, 0.1) is 11.8 Å². The Kier molecular flexibility index (Phi) is 11.4. The Morgan fingerprint density at radius 2 is 1.10 bits per heavy atom. The molecule has 0 radical (unpaired) electrons. The number of anilines is 2. The number of ether oxygens (including phenoxy) is 2. The highest BCUT2D eigenvalue weighted by Gasteiger charge is 2.38. The molecule has 6 aliphatic heterocycles. The van der Waals surface area contributed by atoms with Crippen molar-refractivity contribution in [1.29, 1.82) is 0 Å². The Morgan fingerprint density at radius 1 is 0.620 bits per heavy atom. The van der Waals surface area contributed by atoms with Crippen molar-refractivity contribution in [3.8, 4) is 0 Å². The lowest BCUT2D eigenvalue weighted by Crippen LogP contribution is -2.53. The lowest BCUT2D eigenvalue weighted by Gasteiger charge is -2.44. The minimum absolute atomic E-state index is 0.0351. The van der Waals surface area contributed by atoms with E-state index in [0.717, 1.165) is 87.6 Å². The number of amides is 2. The maximum absolute atomic E-state index is 13.0. The molecule has 262 valence electrons. The molecule has 1 aromatic heterocycles. The van der Waals surface area contributed by atoms with Gasteiger partial charge in [-0.3, -0.25) is 19.6 Å². The highest BCUT2D eigenvalue weighted by Crippen LogP contribution is 2.32. The number of hydrogen-bond acceptors (Lipinski definition) is 7. The molecule has 4 bridgehead atoms. The molecule has 50 heavy (non-hydrogen) atoms. The molecular weight excluding hydrogens is 645 g/mol. The molecule has 10 rings (SSSR count). The molecule has 9 heteroatoms. The number of carbonyl (C=O) groups is 2. The SMILES string of the molecule is O=C(O[C@H]1CN2CCC1CC2)N(CCc1ccccc1)c1ccccc1.O=C(O[C@H]1CN2CCC1CC2)N(Cc1cccs1)c1ccccc1. The van der Waals surface area contributed by atoms with Gasteiger partial charge >= 0.3 is 12.2 Å². The van der Waals surface area contributed by atoms with Gasteiger partial charge in [0, 0.05) is 35.9 Å². The maximum atomic E-state index is 13.0. The van der Waals surface area contributed by atoms with E-state index in [1.165, 1.54) is 5.56 Å². The van der Waals surface area contributed by atoms with Gasteiger partial charge < -0.3 is 9.47 Å². The van der Waals surface area contributed by atoms with Crippen molar-refractivity contribution < 1.29 is 19.1 Å². The van der Waals surface area contributed by atoms with Crippen molar-refractivity contribution in [2.75, 3.05) is 55.6 Å². The summed E-state index contributed by atoms with van der Waals surface area (Å²) in [5.74, 6) is 1.05. The number of fused-ring (bicyclic) bond motifs is 6. The number of carbonyl (C=O) groups excluding carboxylic acids is 2. The largest absolute Gasteiger partial charge is 0.444 e. The Labute approximate surface area is 300 Å². The smallest absolute Gasteiger partial charge is 0.414 e. The minimum Gasteiger partial charge on any atom is -0.444 e. The number of benzene rings is 3. The number of piperidine rings is 6. The molecule has 0 saturated carbocycles. The summed E-state index contributed by atoms with van der Waals surface area (Å²) in [6, 6.07) is 34.0. The molecule has 0 aliphatic carbocycles. The zero-order valence-electron chi connectivity index (χ0n) is 28.7. The van der Waals surface area contributed by atoms with Gasteiger partial charge in [0.25, 0.3) is 0 Å². The minimum atomic E-state index is -0.228. The molecule has 4 aromatic rings. The van der Waals surface area contributed by atoms with E-state index in [0.29, 0.717) is 24.9 Å². The Balaban J connectivity index is 0.000000157. The van der Waals surface area contributed by atoms with Crippen LogP contribution in [0.5, 0.6) is 0 Å². The molecule has 6 saturated heterocycles. The van der Waals surface area contributed by atoms with Crippen LogP contribution in [0.15, 0.2) is 109 Å². The summed E-state index contributed by atoms with van der Waals surface area (Å²) in [6.07, 6.45) is 5.02. The average Bonchev–Trinajstić information content (AvgIpc) is 3.70. The molecule has 3 aromatic carbocycles. The fourth-order valence-electron chi connectivity index (χ4n) is 7.72. The lowest BCUT2D eigenvalue weighted by molar-refractivity contribution is -0.0312. The molecule has 6 fully saturated rings. The van der Waals surface area contributed by atoms with E-state index in [1.54, 1.807) is 21.1 Å². The van der Waals surface area contributed by atoms with Crippen molar-refractivity contribution in [1.82, 2.24) is 9.80 Å². The van der Waals surface area contributed by atoms with E-state index >= 15 is 0 Å². The summed E-state index contributed by atoms with van der Waals surface area (Å²) < 4.78 is 11.9. The third-order valence-corrected chi connectivity index (χ3v) is 11.5. The molecule has 2 atom stereocenters. The molecular formula is C41H48N4O4S. The average molecular weight is 693 g/mol. The Hall–Kier alpha value is -4.18. The quantitative estimate of drug-likeness (QED) is 0.178. The highest BCUT2D eigenvalue weighted by atomic mass is 32.1. The summed E-state index contributed by atoms with van der Waals surface area (Å²) >= 11 is 1.66. The van der Waals surface area contributed by atoms with Gasteiger partial charge in [-0.1, -0.05) is 72.8 Å². The maximum Gasteiger partial charge on any atom is 0.414 e. The van der Waals surface area contributed by atoms with Crippen molar-refractivity contribution in [3.63, 3.8) is 0 Å². The topological polar surface area (TPSA) is 65.6 Å². The summed E-state index contributed by atoms with van der Waals surface area (Å²) in [5, 5.41) is 2.04. The molecule has 7 heterocycles. The van der Waals surface area contributed by atoms with Gasteiger partial charge in [0.15, 0.2) is 0 Å². The van der Waals surface area contributed by atoms with Crippen molar-refractivity contribution >= 4 is 34.9 Å². The van der Waals surface area contributed by atoms with E-state index in [1.807, 2.05) is 90.3 Å². The predicted octanol–water partition coefficient (Wildman–Crippen LogP) is 7.95. The van der Waals surface area contributed by atoms with E-state index in [9.17, 15) is 9.59 Å². The van der Waals surface area contributed by atoms with Crippen molar-refractivity contribution in [3.05, 3.63) is 119 Å². The van der Waals surface area contributed by atoms with Crippen LogP contribution >= 0.6 is 11.3 Å². The predicted molar refractivity (Wildman–Crippen MR) is 200 cm³/mol. The lowest BCUT2D eigenvalue weighted by atomic mass is 9.86. The first-order chi connectivity index (χ1) is 24.6. The van der Waals surface area contributed by atoms with Crippen LogP contribution in [-0.4, -0.2) is 80.0 Å². The van der Waals surface area contributed by atoms with Crippen molar-refractivity contribution in [2.45, 2.75) is 50.9 Å². The fourth-order valence-corrected chi connectivity index (χ4v) is 8.41. The molecule has 2 amide bonds. The fraction of sp³-hybridized carbons (Fsp3) is 0.415. The van der Waals surface area contributed by atoms with Crippen LogP contribution < -0.4 is 9.80 Å². The van der Waals surface area contributed by atoms with Gasteiger partial charge in [-0.25, -0.2) is 9.59 Å². The third-order valence-electron chi connectivity index (χ3n) is 10.6. The van der Waals surface area contributed by atoms with Crippen LogP contribution in [0.25, 0.3) is 0 Å². The standard InChI is InChI=1S/C22H26N2O2.C19H22N2O2S/c25-22(26-21-17-23-14-12-19(21)13-15-23)24(20-9-5-2-6-10-20)16-11-18-7-3-1-4-8-18;22-19(23-18-14-20-10-8-15(18)9-11-20)21(13-17-7-4-12-24-17)16-5-2-1-3-6-16/h1-10,19,21H,11-17H2;1-7,12,15,18H,8-11,13-14H2/t21-;18-/m00/s1. The molecule has 0 unspecified atom stereocenters. The van der Waals surface area contributed by atoms with Gasteiger partial charge in [0.1, 0.15) is 12.2 Å². The zero-order valence-corrected chi connectivity index (χ0v) is 29.5. The van der Waals surface area contributed by atoms with Crippen LogP contribution in [0.4, 0.5) is 21.0 Å². The number of rotatable bonds is 9. The summed E-state index contributed by atoms with van der Waals surface area (Å²) in [5.41, 5.74) is 3.01. The van der Waals surface area contributed by atoms with Gasteiger partial charge in [-0.05, 0) is 111 Å². The monoisotopic (exact) mass is 692 g/mol. The van der Waals surface area contributed by atoms with Gasteiger partial charge in [0.05, 0.1) is 6.54 Å². The van der Waals surface area contributed by atoms with E-state index in [4.69, 9.17) is 9.47 Å². The van der Waals surface area contributed by atoms with E-state index in [2.05, 4.69) is 28.0 Å². The molecule has 6 aliphatic rings. The summed E-state index contributed by atoms with van der Waals surface area (Å²) in [6.45, 7) is 7.54. The number of nitrogens with zero attached hydrogens (tertiary/aromatic N) is 4. The Morgan fingerprint density at radius 3 is 1.56 bits per heavy atom. The van der Waals surface area contributed by atoms with Crippen LogP contribution in [-0.2, 0) is 22.4 Å². The van der Waals surface area contributed by atoms with Crippen molar-refractivity contribution in [2.24, 2.45) is 11.8 Å². The normalized spacial score (nSPS) is 24.8. The second-order valence-electron chi connectivity index (χ2n) is 13.8. The molecule has 8 nitrogen and oxygen atoms in total. The third kappa shape index (κ3) is 8.75. The number of hydrogen-bond donors (Lipinski definition) is 0. The number of para-hydroxylation sites is 2. The second-order valence-corrected chi connectivity index (χ2v) is 14.9. The first kappa shape index (κ1) is 34.3. The Bertz CT molecular complexity index is 1630. The second kappa shape index (κ2) is 16.7. The summed E-state index contributed by atoms with van der Waals surface area (Å²) in [4.78, 5) is 35.4.